The molecule has 2 heterocycles. The Morgan fingerprint density at radius 3 is 2.53 bits per heavy atom. The normalized spacial score (nSPS) is 17.7. The van der Waals surface area contributed by atoms with E-state index in [-0.39, 0.29) is 5.57 Å². The van der Waals surface area contributed by atoms with Crippen LogP contribution in [-0.2, 0) is 9.59 Å². The molecular weight excluding hydrogens is 430 g/mol. The van der Waals surface area contributed by atoms with Gasteiger partial charge in [0.2, 0.25) is 5.78 Å². The molecule has 0 bridgehead atoms. The third kappa shape index (κ3) is 5.47. The minimum atomic E-state index is -0.742. The number of Topliss-reactive ketones (excluding diaryl/α,β-unsaturated/α-hetero) is 1. The van der Waals surface area contributed by atoms with Crippen LogP contribution in [0.15, 0.2) is 48.3 Å². The fourth-order valence-corrected chi connectivity index (χ4v) is 4.23. The maximum Gasteiger partial charge on any atom is 0.295 e. The van der Waals surface area contributed by atoms with Gasteiger partial charge in [-0.1, -0.05) is 31.7 Å². The van der Waals surface area contributed by atoms with Crippen molar-refractivity contribution in [3.8, 4) is 5.75 Å². The van der Waals surface area contributed by atoms with E-state index in [0.717, 1.165) is 18.7 Å². The molecule has 1 atom stereocenters. The first kappa shape index (κ1) is 25.4. The number of nitrogens with zero attached hydrogens (tertiary/aromatic N) is 2. The second-order valence-corrected chi connectivity index (χ2v) is 9.15. The Morgan fingerprint density at radius 2 is 1.94 bits per heavy atom. The van der Waals surface area contributed by atoms with Gasteiger partial charge in [0.1, 0.15) is 5.75 Å². The van der Waals surface area contributed by atoms with Gasteiger partial charge >= 0.3 is 0 Å². The van der Waals surface area contributed by atoms with Crippen molar-refractivity contribution in [1.82, 2.24) is 9.88 Å². The van der Waals surface area contributed by atoms with Gasteiger partial charge in [0.15, 0.2) is 0 Å². The third-order valence-corrected chi connectivity index (χ3v) is 6.25. The van der Waals surface area contributed by atoms with Crippen LogP contribution in [0.25, 0.3) is 5.76 Å². The zero-order valence-corrected chi connectivity index (χ0v) is 20.8. The summed E-state index contributed by atoms with van der Waals surface area (Å²) in [5.41, 5.74) is 1.83. The van der Waals surface area contributed by atoms with E-state index in [0.29, 0.717) is 42.5 Å². The van der Waals surface area contributed by atoms with Crippen LogP contribution in [0.1, 0.15) is 50.4 Å². The largest absolute Gasteiger partial charge is 0.872 e. The molecule has 34 heavy (non-hydrogen) atoms. The van der Waals surface area contributed by atoms with Crippen LogP contribution in [0.5, 0.6) is 5.75 Å². The molecule has 0 spiro atoms. The van der Waals surface area contributed by atoms with Crippen LogP contribution in [0.3, 0.4) is 0 Å². The molecule has 1 amide bonds. The number of hydrogen-bond acceptors (Lipinski definition) is 5. The molecule has 182 valence electrons. The van der Waals surface area contributed by atoms with Crippen molar-refractivity contribution in [2.45, 2.75) is 40.7 Å². The number of likely N-dealkylation sites (N-methyl/N-ethyl adjacent to an activating group) is 1. The van der Waals surface area contributed by atoms with Crippen molar-refractivity contribution in [2.75, 3.05) is 32.8 Å². The van der Waals surface area contributed by atoms with Crippen LogP contribution in [0, 0.1) is 12.8 Å². The van der Waals surface area contributed by atoms with Crippen molar-refractivity contribution in [3.63, 3.8) is 0 Å². The van der Waals surface area contributed by atoms with Gasteiger partial charge in [-0.25, -0.2) is 0 Å². The van der Waals surface area contributed by atoms with Crippen LogP contribution in [0.2, 0.25) is 0 Å². The minimum Gasteiger partial charge on any atom is -0.872 e. The van der Waals surface area contributed by atoms with Crippen molar-refractivity contribution >= 4 is 17.4 Å². The van der Waals surface area contributed by atoms with Crippen LogP contribution in [-0.4, -0.2) is 54.4 Å². The highest BCUT2D eigenvalue weighted by molar-refractivity contribution is 6.46. The fraction of sp³-hybridized carbons (Fsp3) is 0.444. The summed E-state index contributed by atoms with van der Waals surface area (Å²) in [6.07, 6.45) is 3.25. The summed E-state index contributed by atoms with van der Waals surface area (Å²) >= 11 is 0. The van der Waals surface area contributed by atoms with E-state index < -0.39 is 23.5 Å². The number of carbonyl (C=O) groups excluding carboxylic acids is 2. The Kier molecular flexibility index (Phi) is 8.45. The molecule has 7 heteroatoms. The second-order valence-electron chi connectivity index (χ2n) is 9.15. The number of pyridine rings is 1. The van der Waals surface area contributed by atoms with E-state index in [1.807, 2.05) is 13.0 Å². The van der Waals surface area contributed by atoms with E-state index >= 15 is 0 Å². The number of rotatable bonds is 10. The van der Waals surface area contributed by atoms with Crippen molar-refractivity contribution in [1.29, 1.82) is 0 Å². The Hall–Kier alpha value is -3.19. The molecule has 1 saturated heterocycles. The molecule has 1 unspecified atom stereocenters. The van der Waals surface area contributed by atoms with E-state index in [1.165, 1.54) is 9.80 Å². The number of nitrogens with one attached hydrogen (secondary N) is 1. The Balaban J connectivity index is 2.02. The first-order chi connectivity index (χ1) is 16.3. The average molecular weight is 466 g/mol. The molecule has 1 aromatic carbocycles. The molecule has 1 fully saturated rings. The summed E-state index contributed by atoms with van der Waals surface area (Å²) in [5.74, 6) is -0.702. The number of amides is 1. The first-order valence-electron chi connectivity index (χ1n) is 12.0. The second kappa shape index (κ2) is 11.3. The fourth-order valence-electron chi connectivity index (χ4n) is 4.23. The summed E-state index contributed by atoms with van der Waals surface area (Å²) in [5, 5.41) is 13.6. The summed E-state index contributed by atoms with van der Waals surface area (Å²) in [4.78, 5) is 33.2. The number of likely N-dealkylation sites (tertiary alicyclic amines) is 1. The molecule has 1 aliphatic rings. The molecule has 0 radical (unpaired) electrons. The van der Waals surface area contributed by atoms with Crippen molar-refractivity contribution in [3.05, 3.63) is 65.0 Å². The molecule has 1 N–H and O–H groups in total. The highest BCUT2D eigenvalue weighted by atomic mass is 16.5. The predicted octanol–water partition coefficient (Wildman–Crippen LogP) is 1.57. The minimum absolute atomic E-state index is 0.0113. The van der Waals surface area contributed by atoms with Gasteiger partial charge in [0.05, 0.1) is 38.8 Å². The zero-order chi connectivity index (χ0) is 24.8. The van der Waals surface area contributed by atoms with Gasteiger partial charge in [-0.05, 0) is 61.6 Å². The number of aryl methyl sites for hydroxylation is 1. The third-order valence-electron chi connectivity index (χ3n) is 6.25. The van der Waals surface area contributed by atoms with Crippen molar-refractivity contribution < 1.29 is 24.3 Å². The molecule has 0 saturated carbocycles. The maximum atomic E-state index is 13.6. The van der Waals surface area contributed by atoms with Gasteiger partial charge in [-0.3, -0.25) is 14.6 Å². The molecule has 1 aromatic heterocycles. The number of ether oxygens (including phenoxy) is 1. The van der Waals surface area contributed by atoms with Crippen LogP contribution < -0.4 is 14.7 Å². The number of carbonyl (C=O) groups is 2. The number of aromatic nitrogens is 1. The first-order valence-corrected chi connectivity index (χ1v) is 12.0. The average Bonchev–Trinajstić information content (AvgIpc) is 3.08. The van der Waals surface area contributed by atoms with E-state index in [4.69, 9.17) is 4.74 Å². The van der Waals surface area contributed by atoms with Crippen molar-refractivity contribution in [2.24, 2.45) is 5.92 Å². The summed E-state index contributed by atoms with van der Waals surface area (Å²) < 4.78 is 5.82. The van der Waals surface area contributed by atoms with E-state index in [2.05, 4.69) is 32.7 Å². The van der Waals surface area contributed by atoms with Gasteiger partial charge in [-0.15, -0.1) is 0 Å². The molecule has 7 nitrogen and oxygen atoms in total. The molecule has 2 aromatic rings. The van der Waals surface area contributed by atoms with Gasteiger partial charge in [-0.2, -0.15) is 0 Å². The van der Waals surface area contributed by atoms with E-state index in [1.54, 1.807) is 36.7 Å². The van der Waals surface area contributed by atoms with Crippen LogP contribution in [0.4, 0.5) is 0 Å². The number of benzene rings is 1. The number of quaternary nitrogens is 1. The highest BCUT2D eigenvalue weighted by Crippen LogP contribution is 2.38. The van der Waals surface area contributed by atoms with Gasteiger partial charge in [0, 0.05) is 18.0 Å². The summed E-state index contributed by atoms with van der Waals surface area (Å²) in [7, 11) is 0. The number of hydrogen-bond donors (Lipinski definition) is 1. The lowest BCUT2D eigenvalue weighted by molar-refractivity contribution is -0.895. The van der Waals surface area contributed by atoms with Crippen LogP contribution >= 0.6 is 0 Å². The maximum absolute atomic E-state index is 13.6. The lowest BCUT2D eigenvalue weighted by atomic mass is 9.95. The number of ketones is 1. The Bertz CT molecular complexity index is 1050. The molecular formula is C27H35N3O4. The molecule has 0 aliphatic carbocycles. The monoisotopic (exact) mass is 465 g/mol. The topological polar surface area (TPSA) is 87.0 Å². The molecule has 3 rings (SSSR count). The van der Waals surface area contributed by atoms with Gasteiger partial charge in [0.25, 0.3) is 5.91 Å². The van der Waals surface area contributed by atoms with E-state index in [9.17, 15) is 14.7 Å². The van der Waals surface area contributed by atoms with Gasteiger partial charge < -0.3 is 19.6 Å². The lowest BCUT2D eigenvalue weighted by Crippen LogP contribution is -3.12. The standard InChI is InChI=1S/C27H35N3O4/c1-6-29(7-2)13-14-30-24(21-9-8-12-28-16-21)23(26(32)27(30)33)25(31)20-10-11-22(19(5)15-20)34-17-18(3)4/h8-12,15-16,18,24,31H,6-7,13-14,17H2,1-5H3/b25-23+. The quantitative estimate of drug-likeness (QED) is 0.327. The Morgan fingerprint density at radius 1 is 1.21 bits per heavy atom. The Labute approximate surface area is 202 Å². The summed E-state index contributed by atoms with van der Waals surface area (Å²) in [6, 6.07) is 7.97. The lowest BCUT2D eigenvalue weighted by Gasteiger charge is -2.28. The molecule has 1 aliphatic heterocycles. The predicted molar refractivity (Wildman–Crippen MR) is 129 cm³/mol. The highest BCUT2D eigenvalue weighted by Gasteiger charge is 2.44. The SMILES string of the molecule is CC[NH+](CC)CCN1C(=O)C(=O)/C(=C(/[O-])c2ccc(OCC(C)C)c(C)c2)C1c1cccnc1. The summed E-state index contributed by atoms with van der Waals surface area (Å²) in [6.45, 7) is 13.7. The smallest absolute Gasteiger partial charge is 0.295 e. The zero-order valence-electron chi connectivity index (χ0n) is 20.8.